The van der Waals surface area contributed by atoms with Gasteiger partial charge in [-0.15, -0.1) is 0 Å². The van der Waals surface area contributed by atoms with Gasteiger partial charge in [-0.2, -0.15) is 0 Å². The van der Waals surface area contributed by atoms with Gasteiger partial charge in [0, 0.05) is 13.2 Å². The average molecular weight is 220 g/mol. The van der Waals surface area contributed by atoms with E-state index in [1.165, 1.54) is 0 Å². The first-order valence-corrected chi connectivity index (χ1v) is 4.09. The molecule has 16 heavy (non-hydrogen) atoms. The zero-order valence-electron chi connectivity index (χ0n) is 10.3. The predicted octanol–water partition coefficient (Wildman–Crippen LogP) is -8.45. The molecule has 0 rings (SSSR count). The topological polar surface area (TPSA) is 98.7 Å². The fourth-order valence-corrected chi connectivity index (χ4v) is 0.371. The molecule has 6 nitrogen and oxygen atoms in total. The van der Waals surface area contributed by atoms with Crippen molar-refractivity contribution in [1.29, 1.82) is 0 Å². The van der Waals surface area contributed by atoms with E-state index in [4.69, 9.17) is 0 Å². The van der Waals surface area contributed by atoms with Crippen LogP contribution in [-0.2, 0) is 19.1 Å². The summed E-state index contributed by atoms with van der Waals surface area (Å²) in [5, 5.41) is 19.0. The molecule has 0 fully saturated rings. The van der Waals surface area contributed by atoms with Gasteiger partial charge in [-0.05, 0) is 13.8 Å². The zero-order valence-corrected chi connectivity index (χ0v) is 10.3. The summed E-state index contributed by atoms with van der Waals surface area (Å²) < 4.78 is 8.87. The molecule has 0 aromatic carbocycles. The third-order valence-corrected chi connectivity index (χ3v) is 0.848. The average Bonchev–Trinajstić information content (AvgIpc) is 2.12. The number of hydrogen-bond acceptors (Lipinski definition) is 6. The predicted molar refractivity (Wildman–Crippen MR) is 43.0 cm³/mol. The van der Waals surface area contributed by atoms with Crippen molar-refractivity contribution >= 4 is 11.9 Å². The van der Waals surface area contributed by atoms with Crippen molar-refractivity contribution in [1.82, 2.24) is 0 Å². The van der Waals surface area contributed by atoms with Crippen LogP contribution in [0.4, 0.5) is 0 Å². The first-order valence-electron chi connectivity index (χ1n) is 4.09. The summed E-state index contributed by atoms with van der Waals surface area (Å²) in [6, 6.07) is 0. The minimum atomic E-state index is -1.16. The molecule has 0 N–H and O–H groups in total. The molecule has 0 amide bonds. The second kappa shape index (κ2) is 20.5. The second-order valence-electron chi connectivity index (χ2n) is 2.02. The largest absolute Gasteiger partial charge is 1.00 e. The first kappa shape index (κ1) is 25.0. The van der Waals surface area contributed by atoms with Crippen LogP contribution in [0.15, 0.2) is 0 Å². The molecule has 0 aromatic rings. The number of carbonyl (C=O) groups is 2. The third-order valence-electron chi connectivity index (χ3n) is 0.848. The van der Waals surface area contributed by atoms with Crippen molar-refractivity contribution in [3.63, 3.8) is 0 Å². The Hall–Kier alpha value is 0.0548. The van der Waals surface area contributed by atoms with Gasteiger partial charge in [-0.3, -0.25) is 0 Å². The number of carboxylic acids is 2. The van der Waals surface area contributed by atoms with Gasteiger partial charge in [0.1, 0.15) is 0 Å². The number of rotatable bonds is 6. The standard InChI is InChI=1S/2C4H8O3.2Li/c2*1-2-7-3-4(5)6;;/h2*2-3H2,1H3,(H,5,6);;/q;;2*+1/p-2. The Morgan fingerprint density at radius 3 is 1.19 bits per heavy atom. The Morgan fingerprint density at radius 1 is 0.875 bits per heavy atom. The molecule has 0 radical (unpaired) electrons. The maximum Gasteiger partial charge on any atom is 1.00 e. The second-order valence-corrected chi connectivity index (χ2v) is 2.02. The minimum absolute atomic E-state index is 0. The van der Waals surface area contributed by atoms with Gasteiger partial charge in [0.15, 0.2) is 0 Å². The summed E-state index contributed by atoms with van der Waals surface area (Å²) in [5.74, 6) is -2.33. The van der Waals surface area contributed by atoms with Gasteiger partial charge in [-0.25, -0.2) is 0 Å². The van der Waals surface area contributed by atoms with Crippen LogP contribution in [0.1, 0.15) is 13.8 Å². The van der Waals surface area contributed by atoms with E-state index in [0.29, 0.717) is 13.2 Å². The Morgan fingerprint density at radius 2 is 1.12 bits per heavy atom. The quantitative estimate of drug-likeness (QED) is 0.412. The van der Waals surface area contributed by atoms with E-state index in [0.717, 1.165) is 0 Å². The van der Waals surface area contributed by atoms with Crippen molar-refractivity contribution in [3.05, 3.63) is 0 Å². The minimum Gasteiger partial charge on any atom is -0.548 e. The van der Waals surface area contributed by atoms with E-state index in [1.54, 1.807) is 13.8 Å². The van der Waals surface area contributed by atoms with Crippen LogP contribution >= 0.6 is 0 Å². The summed E-state index contributed by atoms with van der Waals surface area (Å²) in [6.45, 7) is 3.71. The molecular formula is C8H14Li2O6. The van der Waals surface area contributed by atoms with E-state index in [2.05, 4.69) is 9.47 Å². The molecule has 0 aliphatic carbocycles. The van der Waals surface area contributed by atoms with Crippen molar-refractivity contribution < 1.29 is 67.0 Å². The van der Waals surface area contributed by atoms with E-state index in [9.17, 15) is 19.8 Å². The Bertz CT molecular complexity index is 147. The van der Waals surface area contributed by atoms with E-state index in [1.807, 2.05) is 0 Å². The maximum atomic E-state index is 9.52. The molecule has 0 aliphatic heterocycles. The molecule has 0 saturated carbocycles. The van der Waals surface area contributed by atoms with Crippen LogP contribution < -0.4 is 47.9 Å². The molecular weight excluding hydrogens is 206 g/mol. The summed E-state index contributed by atoms with van der Waals surface area (Å²) in [7, 11) is 0. The monoisotopic (exact) mass is 220 g/mol. The maximum absolute atomic E-state index is 9.52. The number of hydrogen-bond donors (Lipinski definition) is 0. The molecule has 0 heterocycles. The fourth-order valence-electron chi connectivity index (χ4n) is 0.371. The van der Waals surface area contributed by atoms with E-state index < -0.39 is 11.9 Å². The summed E-state index contributed by atoms with van der Waals surface area (Å²) in [4.78, 5) is 19.0. The van der Waals surface area contributed by atoms with Crippen LogP contribution in [0.3, 0.4) is 0 Å². The van der Waals surface area contributed by atoms with Crippen LogP contribution in [0.5, 0.6) is 0 Å². The van der Waals surface area contributed by atoms with Crippen molar-refractivity contribution in [2.24, 2.45) is 0 Å². The van der Waals surface area contributed by atoms with Crippen LogP contribution in [0.2, 0.25) is 0 Å². The number of carbonyl (C=O) groups excluding carboxylic acids is 2. The normalized spacial score (nSPS) is 7.62. The van der Waals surface area contributed by atoms with Crippen molar-refractivity contribution in [3.8, 4) is 0 Å². The third kappa shape index (κ3) is 36.9. The summed E-state index contributed by atoms with van der Waals surface area (Å²) in [5.41, 5.74) is 0. The van der Waals surface area contributed by atoms with Gasteiger partial charge in [-0.1, -0.05) is 0 Å². The Balaban J connectivity index is -0.0000000800. The van der Waals surface area contributed by atoms with E-state index in [-0.39, 0.29) is 50.9 Å². The van der Waals surface area contributed by atoms with Gasteiger partial charge in [0.2, 0.25) is 0 Å². The van der Waals surface area contributed by atoms with Crippen LogP contribution in [-0.4, -0.2) is 38.4 Å². The fraction of sp³-hybridized carbons (Fsp3) is 0.750. The molecule has 0 aliphatic rings. The van der Waals surface area contributed by atoms with Gasteiger partial charge < -0.3 is 29.3 Å². The molecule has 0 unspecified atom stereocenters. The molecule has 0 aromatic heterocycles. The molecule has 84 valence electrons. The number of ether oxygens (including phenoxy) is 2. The Kier molecular flexibility index (Phi) is 32.0. The SMILES string of the molecule is CCOCC(=O)[O-].CCOCC(=O)[O-].[Li+].[Li+]. The van der Waals surface area contributed by atoms with Crippen LogP contribution in [0.25, 0.3) is 0 Å². The van der Waals surface area contributed by atoms with E-state index >= 15 is 0 Å². The summed E-state index contributed by atoms with van der Waals surface area (Å²) in [6.07, 6.45) is 0. The molecule has 0 bridgehead atoms. The van der Waals surface area contributed by atoms with Gasteiger partial charge >= 0.3 is 37.7 Å². The van der Waals surface area contributed by atoms with Gasteiger partial charge in [0.05, 0.1) is 25.2 Å². The molecule has 0 saturated heterocycles. The van der Waals surface area contributed by atoms with Crippen molar-refractivity contribution in [2.75, 3.05) is 26.4 Å². The summed E-state index contributed by atoms with van der Waals surface area (Å²) >= 11 is 0. The first-order chi connectivity index (χ1) is 6.54. The molecule has 0 atom stereocenters. The molecule has 0 spiro atoms. The number of aliphatic carboxylic acids is 2. The molecule has 8 heteroatoms. The van der Waals surface area contributed by atoms with Gasteiger partial charge in [0.25, 0.3) is 0 Å². The Labute approximate surface area is 119 Å². The zero-order chi connectivity index (χ0) is 11.4. The van der Waals surface area contributed by atoms with Crippen LogP contribution in [0, 0.1) is 0 Å². The smallest absolute Gasteiger partial charge is 0.548 e. The number of carboxylic acid groups (broad SMARTS) is 2. The van der Waals surface area contributed by atoms with Crippen molar-refractivity contribution in [2.45, 2.75) is 13.8 Å².